The lowest BCUT2D eigenvalue weighted by Crippen LogP contribution is -2.42. The van der Waals surface area contributed by atoms with Crippen LogP contribution in [0.2, 0.25) is 0 Å². The number of hydrazone groups is 1. The summed E-state index contributed by atoms with van der Waals surface area (Å²) in [7, 11) is -4.55. The minimum absolute atomic E-state index is 0.270. The Morgan fingerprint density at radius 3 is 1.94 bits per heavy atom. The summed E-state index contributed by atoms with van der Waals surface area (Å²) in [5, 5.41) is 14.9. The zero-order valence-electron chi connectivity index (χ0n) is 16.3. The minimum atomic E-state index is -4.55. The summed E-state index contributed by atoms with van der Waals surface area (Å²) in [6.07, 6.45) is 0. The zero-order valence-corrected chi connectivity index (χ0v) is 17.2. The average molecular weight is 433 g/mol. The van der Waals surface area contributed by atoms with Crippen molar-refractivity contribution in [3.63, 3.8) is 0 Å². The number of sulfonamides is 1. The van der Waals surface area contributed by atoms with Crippen LogP contribution in [0.5, 0.6) is 0 Å². The molecule has 156 valence electrons. The third kappa shape index (κ3) is 5.68. The molecule has 0 bridgehead atoms. The summed E-state index contributed by atoms with van der Waals surface area (Å²) in [6.45, 7) is -0.270. The molecule has 0 atom stereocenters. The summed E-state index contributed by atoms with van der Waals surface area (Å²) in [6, 6.07) is 26.3. The van der Waals surface area contributed by atoms with Gasteiger partial charge in [-0.05, 0) is 29.8 Å². The average Bonchev–Trinajstić information content (AvgIpc) is 2.79. The summed E-state index contributed by atoms with van der Waals surface area (Å²) >= 11 is 0. The topological polar surface area (TPSA) is 115 Å². The van der Waals surface area contributed by atoms with E-state index in [-0.39, 0.29) is 6.54 Å². The maximum absolute atomic E-state index is 13.2. The fourth-order valence-electron chi connectivity index (χ4n) is 2.60. The Balaban J connectivity index is 1.93. The largest absolute Gasteiger partial charge is 0.336 e. The van der Waals surface area contributed by atoms with E-state index in [1.807, 2.05) is 0 Å². The number of para-hydroxylation sites is 2. The fraction of sp³-hybridized carbons (Fsp3) is 0.0455. The fourth-order valence-corrected chi connectivity index (χ4v) is 3.66. The van der Waals surface area contributed by atoms with Gasteiger partial charge in [0.2, 0.25) is 0 Å². The van der Waals surface area contributed by atoms with Crippen LogP contribution in [0, 0.1) is 11.3 Å². The number of nitrogens with one attached hydrogen (secondary N) is 2. The lowest BCUT2D eigenvalue weighted by molar-refractivity contribution is 0.235. The van der Waals surface area contributed by atoms with Gasteiger partial charge in [-0.2, -0.15) is 13.7 Å². The molecule has 0 aliphatic heterocycles. The van der Waals surface area contributed by atoms with E-state index in [9.17, 15) is 18.5 Å². The molecule has 8 nitrogen and oxygen atoms in total. The Bertz CT molecular complexity index is 1190. The molecule has 31 heavy (non-hydrogen) atoms. The molecule has 0 saturated heterocycles. The van der Waals surface area contributed by atoms with Crippen LogP contribution >= 0.6 is 0 Å². The van der Waals surface area contributed by atoms with E-state index < -0.39 is 21.1 Å². The number of hydrogen-bond donors (Lipinski definition) is 2. The standard InChI is InChI=1S/C22H19N5O3S/c23-16-21(26-25-20-14-8-3-9-15-20)31(29,30)27(17-18-10-4-1-5-11-18)22(28)24-19-12-6-2-7-13-19/h1-15,25H,17H2,(H,24,28). The number of urea groups is 1. The van der Waals surface area contributed by atoms with Gasteiger partial charge in [-0.1, -0.05) is 66.7 Å². The molecule has 0 aliphatic carbocycles. The second-order valence-corrected chi connectivity index (χ2v) is 8.08. The number of anilines is 2. The predicted molar refractivity (Wildman–Crippen MR) is 119 cm³/mol. The van der Waals surface area contributed by atoms with Gasteiger partial charge in [-0.15, -0.1) is 5.10 Å². The van der Waals surface area contributed by atoms with Crippen molar-refractivity contribution in [2.24, 2.45) is 5.10 Å². The Morgan fingerprint density at radius 2 is 1.39 bits per heavy atom. The number of carbonyl (C=O) groups excluding carboxylic acids is 1. The normalized spacial score (nSPS) is 11.3. The van der Waals surface area contributed by atoms with Crippen molar-refractivity contribution in [1.29, 1.82) is 5.26 Å². The van der Waals surface area contributed by atoms with Crippen LogP contribution in [-0.2, 0) is 16.6 Å². The Labute approximate surface area is 180 Å². The molecular formula is C22H19N5O3S. The summed E-state index contributed by atoms with van der Waals surface area (Å²) in [5.74, 6) is 0. The van der Waals surface area contributed by atoms with Crippen molar-refractivity contribution < 1.29 is 13.2 Å². The lowest BCUT2D eigenvalue weighted by Gasteiger charge is -2.22. The number of nitrogens with zero attached hydrogens (tertiary/aromatic N) is 3. The maximum atomic E-state index is 13.2. The van der Waals surface area contributed by atoms with E-state index in [4.69, 9.17) is 0 Å². The molecule has 0 aliphatic rings. The number of hydrogen-bond acceptors (Lipinski definition) is 6. The lowest BCUT2D eigenvalue weighted by atomic mass is 10.2. The first kappa shape index (κ1) is 21.5. The summed E-state index contributed by atoms with van der Waals surface area (Å²) < 4.78 is 27.0. The smallest absolute Gasteiger partial charge is 0.307 e. The van der Waals surface area contributed by atoms with E-state index in [0.29, 0.717) is 21.2 Å². The number of carbonyl (C=O) groups is 1. The van der Waals surface area contributed by atoms with Crippen LogP contribution in [0.4, 0.5) is 16.2 Å². The first-order chi connectivity index (χ1) is 15.0. The van der Waals surface area contributed by atoms with Crippen molar-refractivity contribution in [2.45, 2.75) is 6.54 Å². The van der Waals surface area contributed by atoms with E-state index in [0.717, 1.165) is 0 Å². The Hall–Kier alpha value is -4.16. The molecule has 2 N–H and O–H groups in total. The van der Waals surface area contributed by atoms with E-state index in [2.05, 4.69) is 15.8 Å². The van der Waals surface area contributed by atoms with Crippen LogP contribution in [0.3, 0.4) is 0 Å². The molecule has 9 heteroatoms. The van der Waals surface area contributed by atoms with Gasteiger partial charge in [0.05, 0.1) is 12.2 Å². The highest BCUT2D eigenvalue weighted by Crippen LogP contribution is 2.16. The quantitative estimate of drug-likeness (QED) is 0.359. The van der Waals surface area contributed by atoms with Gasteiger partial charge in [-0.3, -0.25) is 5.43 Å². The van der Waals surface area contributed by atoms with E-state index in [1.165, 1.54) is 0 Å². The number of benzene rings is 3. The number of nitriles is 1. The number of amides is 2. The molecule has 0 radical (unpaired) electrons. The van der Waals surface area contributed by atoms with Gasteiger partial charge in [0.25, 0.3) is 15.1 Å². The molecule has 0 heterocycles. The predicted octanol–water partition coefficient (Wildman–Crippen LogP) is 4.00. The van der Waals surface area contributed by atoms with Crippen molar-refractivity contribution in [3.8, 4) is 6.07 Å². The van der Waals surface area contributed by atoms with Gasteiger partial charge >= 0.3 is 6.03 Å². The van der Waals surface area contributed by atoms with Crippen molar-refractivity contribution >= 4 is 32.5 Å². The highest BCUT2D eigenvalue weighted by atomic mass is 32.2. The van der Waals surface area contributed by atoms with Crippen molar-refractivity contribution in [3.05, 3.63) is 96.6 Å². The molecule has 2 amide bonds. The number of rotatable bonds is 5. The molecule has 3 aromatic rings. The Kier molecular flexibility index (Phi) is 6.98. The van der Waals surface area contributed by atoms with Crippen LogP contribution < -0.4 is 10.7 Å². The van der Waals surface area contributed by atoms with Crippen LogP contribution in [0.1, 0.15) is 5.56 Å². The second kappa shape index (κ2) is 10.0. The van der Waals surface area contributed by atoms with Gasteiger partial charge in [-0.25, -0.2) is 9.10 Å². The van der Waals surface area contributed by atoms with Crippen LogP contribution in [0.15, 0.2) is 96.1 Å². The highest BCUT2D eigenvalue weighted by Gasteiger charge is 2.33. The molecule has 0 aromatic heterocycles. The third-order valence-corrected chi connectivity index (χ3v) is 5.66. The second-order valence-electron chi connectivity index (χ2n) is 6.30. The molecule has 0 unspecified atom stereocenters. The molecule has 0 fully saturated rings. The molecule has 3 rings (SSSR count). The highest BCUT2D eigenvalue weighted by molar-refractivity contribution is 8.05. The third-order valence-electron chi connectivity index (χ3n) is 4.11. The van der Waals surface area contributed by atoms with Crippen molar-refractivity contribution in [1.82, 2.24) is 4.31 Å². The Morgan fingerprint density at radius 1 is 0.871 bits per heavy atom. The molecule has 0 saturated carbocycles. The summed E-state index contributed by atoms with van der Waals surface area (Å²) in [4.78, 5) is 12.9. The van der Waals surface area contributed by atoms with Gasteiger partial charge in [0.1, 0.15) is 6.07 Å². The van der Waals surface area contributed by atoms with Crippen molar-refractivity contribution in [2.75, 3.05) is 10.7 Å². The molecule has 3 aromatic carbocycles. The first-order valence-electron chi connectivity index (χ1n) is 9.22. The molecular weight excluding hydrogens is 414 g/mol. The minimum Gasteiger partial charge on any atom is -0.307 e. The maximum Gasteiger partial charge on any atom is 0.336 e. The van der Waals surface area contributed by atoms with Gasteiger partial charge < -0.3 is 5.32 Å². The zero-order chi connectivity index (χ0) is 22.1. The van der Waals surface area contributed by atoms with Gasteiger partial charge in [0.15, 0.2) is 0 Å². The van der Waals surface area contributed by atoms with E-state index in [1.54, 1.807) is 97.1 Å². The van der Waals surface area contributed by atoms with E-state index >= 15 is 0 Å². The van der Waals surface area contributed by atoms with Crippen LogP contribution in [0.25, 0.3) is 0 Å². The summed E-state index contributed by atoms with van der Waals surface area (Å²) in [5.41, 5.74) is 4.02. The van der Waals surface area contributed by atoms with Crippen LogP contribution in [-0.4, -0.2) is 23.8 Å². The monoisotopic (exact) mass is 433 g/mol. The first-order valence-corrected chi connectivity index (χ1v) is 10.7. The molecule has 0 spiro atoms. The SMILES string of the molecule is N#CC(=NNc1ccccc1)S(=O)(=O)N(Cc1ccccc1)C(=O)Nc1ccccc1. The van der Waals surface area contributed by atoms with Gasteiger partial charge in [0, 0.05) is 5.69 Å².